The third kappa shape index (κ3) is 2.70. The van der Waals surface area contributed by atoms with Gasteiger partial charge in [0.15, 0.2) is 0 Å². The highest BCUT2D eigenvalue weighted by atomic mass is 32.1. The van der Waals surface area contributed by atoms with Crippen molar-refractivity contribution in [2.45, 2.75) is 13.3 Å². The summed E-state index contributed by atoms with van der Waals surface area (Å²) in [6.45, 7) is 1.42. The first-order valence-electron chi connectivity index (χ1n) is 5.04. The van der Waals surface area contributed by atoms with Gasteiger partial charge < -0.3 is 4.74 Å². The number of benzene rings is 1. The molecular weight excluding hydrogens is 220 g/mol. The number of hydrogen-bond acceptors (Lipinski definition) is 3. The van der Waals surface area contributed by atoms with Gasteiger partial charge in [-0.1, -0.05) is 30.3 Å². The lowest BCUT2D eigenvalue weighted by Crippen LogP contribution is -2.02. The zero-order chi connectivity index (χ0) is 11.4. The minimum atomic E-state index is -0.271. The third-order valence-electron chi connectivity index (χ3n) is 2.17. The number of ether oxygens (including phenoxy) is 1. The van der Waals surface area contributed by atoms with Crippen LogP contribution in [0.15, 0.2) is 41.8 Å². The molecule has 0 aliphatic rings. The Bertz CT molecular complexity index is 474. The normalized spacial score (nSPS) is 10.1. The summed E-state index contributed by atoms with van der Waals surface area (Å²) in [4.78, 5) is 12.0. The maximum Gasteiger partial charge on any atom is 0.308 e. The van der Waals surface area contributed by atoms with Gasteiger partial charge in [0, 0.05) is 13.3 Å². The maximum absolute atomic E-state index is 10.9. The molecule has 1 aromatic heterocycles. The van der Waals surface area contributed by atoms with Gasteiger partial charge in [-0.3, -0.25) is 4.79 Å². The molecule has 16 heavy (non-hydrogen) atoms. The summed E-state index contributed by atoms with van der Waals surface area (Å²) in [5.41, 5.74) is 1.22. The topological polar surface area (TPSA) is 26.3 Å². The van der Waals surface area contributed by atoms with Crippen LogP contribution in [0.2, 0.25) is 0 Å². The van der Waals surface area contributed by atoms with Crippen LogP contribution >= 0.6 is 11.3 Å². The van der Waals surface area contributed by atoms with Crippen LogP contribution in [0.25, 0.3) is 0 Å². The third-order valence-corrected chi connectivity index (χ3v) is 3.07. The highest BCUT2D eigenvalue weighted by molar-refractivity contribution is 7.10. The van der Waals surface area contributed by atoms with Crippen LogP contribution in [0.4, 0.5) is 0 Å². The monoisotopic (exact) mass is 232 g/mol. The molecule has 0 bridgehead atoms. The summed E-state index contributed by atoms with van der Waals surface area (Å²) >= 11 is 1.61. The van der Waals surface area contributed by atoms with Crippen LogP contribution in [0, 0.1) is 0 Å². The Morgan fingerprint density at radius 2 is 2.00 bits per heavy atom. The van der Waals surface area contributed by atoms with E-state index in [0.29, 0.717) is 5.75 Å². The zero-order valence-corrected chi connectivity index (χ0v) is 9.79. The first kappa shape index (κ1) is 10.9. The maximum atomic E-state index is 10.9. The molecule has 0 amide bonds. The predicted molar refractivity (Wildman–Crippen MR) is 64.9 cm³/mol. The quantitative estimate of drug-likeness (QED) is 0.759. The summed E-state index contributed by atoms with van der Waals surface area (Å²) in [7, 11) is 0. The second-order valence-electron chi connectivity index (χ2n) is 3.46. The molecule has 0 saturated heterocycles. The Balaban J connectivity index is 2.16. The fourth-order valence-corrected chi connectivity index (χ4v) is 2.32. The van der Waals surface area contributed by atoms with E-state index in [1.165, 1.54) is 12.5 Å². The SMILES string of the molecule is CC(=O)Oc1ccsc1Cc1ccccc1. The molecule has 0 radical (unpaired) electrons. The molecule has 0 N–H and O–H groups in total. The van der Waals surface area contributed by atoms with Crippen molar-refractivity contribution >= 4 is 17.3 Å². The molecule has 1 aromatic carbocycles. The second kappa shape index (κ2) is 4.94. The van der Waals surface area contributed by atoms with Gasteiger partial charge in [-0.25, -0.2) is 0 Å². The van der Waals surface area contributed by atoms with Crippen LogP contribution in [0.3, 0.4) is 0 Å². The molecule has 1 heterocycles. The summed E-state index contributed by atoms with van der Waals surface area (Å²) in [6, 6.07) is 12.0. The summed E-state index contributed by atoms with van der Waals surface area (Å²) in [6.07, 6.45) is 0.807. The molecule has 0 unspecified atom stereocenters. The van der Waals surface area contributed by atoms with E-state index in [2.05, 4.69) is 12.1 Å². The lowest BCUT2D eigenvalue weighted by molar-refractivity contribution is -0.131. The van der Waals surface area contributed by atoms with Gasteiger partial charge in [0.05, 0.1) is 4.88 Å². The molecule has 3 heteroatoms. The van der Waals surface area contributed by atoms with Gasteiger partial charge in [0.25, 0.3) is 0 Å². The van der Waals surface area contributed by atoms with Crippen molar-refractivity contribution < 1.29 is 9.53 Å². The van der Waals surface area contributed by atoms with Gasteiger partial charge in [-0.2, -0.15) is 0 Å². The molecule has 0 spiro atoms. The number of esters is 1. The Kier molecular flexibility index (Phi) is 3.37. The standard InChI is InChI=1S/C13H12O2S/c1-10(14)15-12-7-8-16-13(12)9-11-5-3-2-4-6-11/h2-8H,9H2,1H3. The van der Waals surface area contributed by atoms with E-state index >= 15 is 0 Å². The van der Waals surface area contributed by atoms with E-state index in [1.807, 2.05) is 29.6 Å². The molecule has 0 aliphatic heterocycles. The van der Waals surface area contributed by atoms with Crippen molar-refractivity contribution in [3.05, 3.63) is 52.2 Å². The van der Waals surface area contributed by atoms with Crippen LogP contribution in [0.1, 0.15) is 17.4 Å². The van der Waals surface area contributed by atoms with E-state index in [1.54, 1.807) is 11.3 Å². The van der Waals surface area contributed by atoms with Gasteiger partial charge in [-0.15, -0.1) is 11.3 Å². The summed E-state index contributed by atoms with van der Waals surface area (Å²) in [5.74, 6) is 0.411. The van der Waals surface area contributed by atoms with Crippen molar-refractivity contribution in [2.75, 3.05) is 0 Å². The Hall–Kier alpha value is -1.61. The first-order chi connectivity index (χ1) is 7.75. The Morgan fingerprint density at radius 3 is 2.69 bits per heavy atom. The fourth-order valence-electron chi connectivity index (χ4n) is 1.48. The average Bonchev–Trinajstić information content (AvgIpc) is 2.66. The lowest BCUT2D eigenvalue weighted by Gasteiger charge is -2.03. The van der Waals surface area contributed by atoms with E-state index < -0.39 is 0 Å². The summed E-state index contributed by atoms with van der Waals surface area (Å²) in [5, 5.41) is 1.94. The Morgan fingerprint density at radius 1 is 1.25 bits per heavy atom. The van der Waals surface area contributed by atoms with E-state index in [9.17, 15) is 4.79 Å². The number of thiophene rings is 1. The van der Waals surface area contributed by atoms with Crippen molar-refractivity contribution in [3.8, 4) is 5.75 Å². The van der Waals surface area contributed by atoms with Gasteiger partial charge in [0.1, 0.15) is 5.75 Å². The molecule has 0 fully saturated rings. The van der Waals surface area contributed by atoms with Crippen LogP contribution in [-0.4, -0.2) is 5.97 Å². The lowest BCUT2D eigenvalue weighted by atomic mass is 10.1. The molecule has 2 aromatic rings. The van der Waals surface area contributed by atoms with Gasteiger partial charge >= 0.3 is 5.97 Å². The van der Waals surface area contributed by atoms with Crippen molar-refractivity contribution in [2.24, 2.45) is 0 Å². The van der Waals surface area contributed by atoms with Gasteiger partial charge in [0.2, 0.25) is 0 Å². The predicted octanol–water partition coefficient (Wildman–Crippen LogP) is 3.26. The molecule has 2 rings (SSSR count). The zero-order valence-electron chi connectivity index (χ0n) is 8.97. The minimum Gasteiger partial charge on any atom is -0.426 e. The number of rotatable bonds is 3. The molecule has 82 valence electrons. The number of carbonyl (C=O) groups excluding carboxylic acids is 1. The molecule has 0 aliphatic carbocycles. The minimum absolute atomic E-state index is 0.271. The molecule has 0 atom stereocenters. The van der Waals surface area contributed by atoms with E-state index in [-0.39, 0.29) is 5.97 Å². The molecule has 2 nitrogen and oxygen atoms in total. The van der Waals surface area contributed by atoms with Gasteiger partial charge in [-0.05, 0) is 17.0 Å². The highest BCUT2D eigenvalue weighted by Gasteiger charge is 2.08. The first-order valence-corrected chi connectivity index (χ1v) is 5.92. The molecular formula is C13H12O2S. The fraction of sp³-hybridized carbons (Fsp3) is 0.154. The van der Waals surface area contributed by atoms with Crippen molar-refractivity contribution in [1.29, 1.82) is 0 Å². The Labute approximate surface area is 98.5 Å². The largest absolute Gasteiger partial charge is 0.426 e. The second-order valence-corrected chi connectivity index (χ2v) is 4.46. The van der Waals surface area contributed by atoms with Crippen LogP contribution in [-0.2, 0) is 11.2 Å². The van der Waals surface area contributed by atoms with E-state index in [4.69, 9.17) is 4.74 Å². The van der Waals surface area contributed by atoms with Crippen molar-refractivity contribution in [3.63, 3.8) is 0 Å². The van der Waals surface area contributed by atoms with Crippen LogP contribution < -0.4 is 4.74 Å². The summed E-state index contributed by atoms with van der Waals surface area (Å²) < 4.78 is 5.13. The van der Waals surface area contributed by atoms with Crippen molar-refractivity contribution in [1.82, 2.24) is 0 Å². The smallest absolute Gasteiger partial charge is 0.308 e. The van der Waals surface area contributed by atoms with Crippen LogP contribution in [0.5, 0.6) is 5.75 Å². The average molecular weight is 232 g/mol. The highest BCUT2D eigenvalue weighted by Crippen LogP contribution is 2.27. The van der Waals surface area contributed by atoms with E-state index in [0.717, 1.165) is 11.3 Å². The number of carbonyl (C=O) groups is 1. The molecule has 0 saturated carbocycles. The number of hydrogen-bond donors (Lipinski definition) is 0.